The lowest BCUT2D eigenvalue weighted by Gasteiger charge is -2.05. The molecule has 0 spiro atoms. The summed E-state index contributed by atoms with van der Waals surface area (Å²) in [5.74, 6) is 0.844. The highest BCUT2D eigenvalue weighted by Gasteiger charge is 2.10. The van der Waals surface area contributed by atoms with E-state index in [2.05, 4.69) is 15.5 Å². The second-order valence-corrected chi connectivity index (χ2v) is 7.62. The number of hydrogen-bond donors (Lipinski definition) is 1. The van der Waals surface area contributed by atoms with Crippen LogP contribution in [0.15, 0.2) is 71.6 Å². The number of methoxy groups -OCH3 is 1. The number of nitrogens with one attached hydrogen (secondary N) is 1. The van der Waals surface area contributed by atoms with Gasteiger partial charge in [-0.25, -0.2) is 0 Å². The molecule has 0 atom stereocenters. The van der Waals surface area contributed by atoms with E-state index in [0.717, 1.165) is 10.6 Å². The molecule has 1 N–H and O–H groups in total. The minimum absolute atomic E-state index is 0.0764. The van der Waals surface area contributed by atoms with Crippen molar-refractivity contribution in [1.82, 2.24) is 15.0 Å². The Balaban J connectivity index is 1.48. The number of halogens is 1. The van der Waals surface area contributed by atoms with Gasteiger partial charge < -0.3 is 10.1 Å². The van der Waals surface area contributed by atoms with E-state index in [4.69, 9.17) is 16.3 Å². The number of nitrogens with zero attached hydrogens (tertiary/aromatic N) is 3. The quantitative estimate of drug-likeness (QED) is 0.450. The third kappa shape index (κ3) is 4.52. The summed E-state index contributed by atoms with van der Waals surface area (Å²) in [4.78, 5) is 14.8. The van der Waals surface area contributed by atoms with Gasteiger partial charge in [-0.2, -0.15) is 4.80 Å². The molecule has 0 fully saturated rings. The highest BCUT2D eigenvalue weighted by Crippen LogP contribution is 2.27. The highest BCUT2D eigenvalue weighted by atomic mass is 35.5. The molecule has 1 aromatic heterocycles. The molecule has 0 saturated heterocycles. The molecule has 8 heteroatoms. The van der Waals surface area contributed by atoms with Gasteiger partial charge in [0.2, 0.25) is 5.91 Å². The van der Waals surface area contributed by atoms with Crippen LogP contribution >= 0.6 is 23.4 Å². The Labute approximate surface area is 176 Å². The minimum atomic E-state index is -0.0764. The average molecular weight is 425 g/mol. The van der Waals surface area contributed by atoms with Gasteiger partial charge in [0.05, 0.1) is 23.6 Å². The molecule has 0 bridgehead atoms. The summed E-state index contributed by atoms with van der Waals surface area (Å²) in [6, 6.07) is 20.6. The van der Waals surface area contributed by atoms with E-state index in [0.29, 0.717) is 33.2 Å². The number of thioether (sulfide) groups is 1. The SMILES string of the molecule is COc1ccc(-n2nc3ccc(NC(=O)CSc4ccccc4)cc3n2)cc1Cl. The van der Waals surface area contributed by atoms with Crippen LogP contribution in [0.5, 0.6) is 5.75 Å². The van der Waals surface area contributed by atoms with Crippen molar-refractivity contribution < 1.29 is 9.53 Å². The van der Waals surface area contributed by atoms with Gasteiger partial charge in [0.1, 0.15) is 16.8 Å². The molecule has 0 saturated carbocycles. The molecule has 6 nitrogen and oxygen atoms in total. The molecule has 1 amide bonds. The van der Waals surface area contributed by atoms with Gasteiger partial charge >= 0.3 is 0 Å². The van der Waals surface area contributed by atoms with E-state index in [-0.39, 0.29) is 5.91 Å². The first-order valence-corrected chi connectivity index (χ1v) is 10.2. The van der Waals surface area contributed by atoms with E-state index in [9.17, 15) is 4.79 Å². The van der Waals surface area contributed by atoms with Crippen LogP contribution in [0.2, 0.25) is 5.02 Å². The Morgan fingerprint density at radius 3 is 2.62 bits per heavy atom. The molecule has 0 radical (unpaired) electrons. The first kappa shape index (κ1) is 19.3. The second kappa shape index (κ2) is 8.55. The summed E-state index contributed by atoms with van der Waals surface area (Å²) in [5, 5.41) is 12.3. The second-order valence-electron chi connectivity index (χ2n) is 6.16. The molecule has 0 aliphatic rings. The molecule has 29 heavy (non-hydrogen) atoms. The number of hydrogen-bond acceptors (Lipinski definition) is 5. The number of rotatable bonds is 6. The first-order chi connectivity index (χ1) is 14.1. The van der Waals surface area contributed by atoms with Crippen molar-refractivity contribution in [3.63, 3.8) is 0 Å². The fourth-order valence-electron chi connectivity index (χ4n) is 2.75. The van der Waals surface area contributed by atoms with Crippen molar-refractivity contribution in [2.45, 2.75) is 4.90 Å². The van der Waals surface area contributed by atoms with Crippen LogP contribution in [0.4, 0.5) is 5.69 Å². The average Bonchev–Trinajstić information content (AvgIpc) is 3.16. The maximum Gasteiger partial charge on any atom is 0.234 e. The van der Waals surface area contributed by atoms with Crippen LogP contribution < -0.4 is 10.1 Å². The minimum Gasteiger partial charge on any atom is -0.495 e. The zero-order valence-electron chi connectivity index (χ0n) is 15.5. The Morgan fingerprint density at radius 2 is 1.86 bits per heavy atom. The van der Waals surface area contributed by atoms with Gasteiger partial charge in [-0.05, 0) is 48.5 Å². The summed E-state index contributed by atoms with van der Waals surface area (Å²) in [6.07, 6.45) is 0. The Bertz CT molecular complexity index is 1160. The maximum absolute atomic E-state index is 12.2. The molecule has 3 aromatic carbocycles. The smallest absolute Gasteiger partial charge is 0.234 e. The zero-order valence-corrected chi connectivity index (χ0v) is 17.1. The predicted molar refractivity (Wildman–Crippen MR) is 116 cm³/mol. The number of anilines is 1. The topological polar surface area (TPSA) is 69.0 Å². The van der Waals surface area contributed by atoms with Crippen LogP contribution in [-0.2, 0) is 4.79 Å². The summed E-state index contributed by atoms with van der Waals surface area (Å²) >= 11 is 7.68. The zero-order chi connectivity index (χ0) is 20.2. The predicted octanol–water partition coefficient (Wildman–Crippen LogP) is 4.81. The van der Waals surface area contributed by atoms with Crippen molar-refractivity contribution in [2.24, 2.45) is 0 Å². The molecule has 0 unspecified atom stereocenters. The van der Waals surface area contributed by atoms with Crippen LogP contribution in [0.3, 0.4) is 0 Å². The fraction of sp³-hybridized carbons (Fsp3) is 0.0952. The lowest BCUT2D eigenvalue weighted by Crippen LogP contribution is -2.13. The van der Waals surface area contributed by atoms with Gasteiger partial charge in [0, 0.05) is 10.6 Å². The standard InChI is InChI=1S/C21H17ClN4O2S/c1-28-20-10-8-15(12-17(20)22)26-24-18-9-7-14(11-19(18)25-26)23-21(27)13-29-16-5-3-2-4-6-16/h2-12H,13H2,1H3,(H,23,27). The molecule has 0 aliphatic heterocycles. The van der Waals surface area contributed by atoms with E-state index in [1.807, 2.05) is 48.5 Å². The van der Waals surface area contributed by atoms with Crippen molar-refractivity contribution >= 4 is 46.0 Å². The molecule has 0 aliphatic carbocycles. The fourth-order valence-corrected chi connectivity index (χ4v) is 3.72. The molecule has 1 heterocycles. The molecule has 4 rings (SSSR count). The Kier molecular flexibility index (Phi) is 5.69. The first-order valence-electron chi connectivity index (χ1n) is 8.81. The van der Waals surface area contributed by atoms with Crippen LogP contribution in [0, 0.1) is 0 Å². The van der Waals surface area contributed by atoms with Crippen molar-refractivity contribution in [3.05, 3.63) is 71.8 Å². The molecular weight excluding hydrogens is 408 g/mol. The lowest BCUT2D eigenvalue weighted by atomic mass is 10.3. The van der Waals surface area contributed by atoms with E-state index in [1.54, 1.807) is 25.3 Å². The van der Waals surface area contributed by atoms with Crippen molar-refractivity contribution in [2.75, 3.05) is 18.2 Å². The van der Waals surface area contributed by atoms with Crippen molar-refractivity contribution in [1.29, 1.82) is 0 Å². The van der Waals surface area contributed by atoms with Crippen LogP contribution in [-0.4, -0.2) is 33.8 Å². The highest BCUT2D eigenvalue weighted by molar-refractivity contribution is 8.00. The van der Waals surface area contributed by atoms with Gasteiger partial charge in [-0.15, -0.1) is 22.0 Å². The number of carbonyl (C=O) groups is 1. The van der Waals surface area contributed by atoms with E-state index < -0.39 is 0 Å². The number of fused-ring (bicyclic) bond motifs is 1. The van der Waals surface area contributed by atoms with E-state index >= 15 is 0 Å². The molecular formula is C21H17ClN4O2S. The number of aromatic nitrogens is 3. The largest absolute Gasteiger partial charge is 0.495 e. The van der Waals surface area contributed by atoms with Crippen molar-refractivity contribution in [3.8, 4) is 11.4 Å². The Hall–Kier alpha value is -3.03. The number of amides is 1. The summed E-state index contributed by atoms with van der Waals surface area (Å²) in [7, 11) is 1.57. The summed E-state index contributed by atoms with van der Waals surface area (Å²) in [6.45, 7) is 0. The van der Waals surface area contributed by atoms with Crippen LogP contribution in [0.1, 0.15) is 0 Å². The number of carbonyl (C=O) groups excluding carboxylic acids is 1. The van der Waals surface area contributed by atoms with Gasteiger partial charge in [-0.1, -0.05) is 29.8 Å². The molecule has 146 valence electrons. The molecule has 4 aromatic rings. The van der Waals surface area contributed by atoms with Crippen LogP contribution in [0.25, 0.3) is 16.7 Å². The summed E-state index contributed by atoms with van der Waals surface area (Å²) < 4.78 is 5.17. The third-order valence-electron chi connectivity index (χ3n) is 4.14. The number of ether oxygens (including phenoxy) is 1. The normalized spacial score (nSPS) is 10.8. The number of benzene rings is 3. The van der Waals surface area contributed by atoms with Gasteiger partial charge in [-0.3, -0.25) is 4.79 Å². The van der Waals surface area contributed by atoms with Gasteiger partial charge in [0.25, 0.3) is 0 Å². The van der Waals surface area contributed by atoms with Gasteiger partial charge in [0.15, 0.2) is 0 Å². The third-order valence-corrected chi connectivity index (χ3v) is 5.45. The summed E-state index contributed by atoms with van der Waals surface area (Å²) in [5.41, 5.74) is 2.78. The lowest BCUT2D eigenvalue weighted by molar-refractivity contribution is -0.113. The monoisotopic (exact) mass is 424 g/mol. The maximum atomic E-state index is 12.2. The Morgan fingerprint density at radius 1 is 1.07 bits per heavy atom. The van der Waals surface area contributed by atoms with E-state index in [1.165, 1.54) is 16.6 Å².